The zero-order chi connectivity index (χ0) is 20.1. The van der Waals surface area contributed by atoms with Crippen LogP contribution in [0.25, 0.3) is 0 Å². The molecule has 154 valence electrons. The number of rotatable bonds is 2. The Labute approximate surface area is 174 Å². The molecule has 4 aliphatic rings. The molecule has 0 spiro atoms. The van der Waals surface area contributed by atoms with E-state index in [1.807, 2.05) is 0 Å². The van der Waals surface area contributed by atoms with Gasteiger partial charge in [0.05, 0.1) is 0 Å². The van der Waals surface area contributed by atoms with Gasteiger partial charge in [0.2, 0.25) is 0 Å². The number of pyridine rings is 1. The molecule has 0 aliphatic heterocycles. The Balaban J connectivity index is 1.35. The zero-order valence-corrected chi connectivity index (χ0v) is 17.7. The van der Waals surface area contributed by atoms with E-state index in [1.165, 1.54) is 50.7 Å². The molecule has 1 heterocycles. The second-order valence-corrected chi connectivity index (χ2v) is 10.3. The van der Waals surface area contributed by atoms with Crippen molar-refractivity contribution < 1.29 is 4.79 Å². The molecule has 3 saturated carbocycles. The maximum atomic E-state index is 12.4. The molecular formula is C25H33N3O. The first-order valence-corrected chi connectivity index (χ1v) is 11.4. The van der Waals surface area contributed by atoms with E-state index in [4.69, 9.17) is 0 Å². The molecule has 29 heavy (non-hydrogen) atoms. The van der Waals surface area contributed by atoms with Crippen molar-refractivity contribution in [2.24, 2.45) is 39.6 Å². The van der Waals surface area contributed by atoms with Gasteiger partial charge >= 0.3 is 0 Å². The predicted molar refractivity (Wildman–Crippen MR) is 115 cm³/mol. The largest absolute Gasteiger partial charge is 0.271 e. The third-order valence-electron chi connectivity index (χ3n) is 9.19. The van der Waals surface area contributed by atoms with E-state index in [2.05, 4.69) is 41.5 Å². The summed E-state index contributed by atoms with van der Waals surface area (Å²) in [6.45, 7) is 5.01. The van der Waals surface area contributed by atoms with E-state index in [-0.39, 0.29) is 11.3 Å². The monoisotopic (exact) mass is 391 g/mol. The summed E-state index contributed by atoms with van der Waals surface area (Å²) >= 11 is 0. The minimum absolute atomic E-state index is 0.136. The summed E-state index contributed by atoms with van der Waals surface area (Å²) in [5.74, 6) is 3.15. The predicted octanol–water partition coefficient (Wildman–Crippen LogP) is 5.38. The second kappa shape index (κ2) is 7.07. The third-order valence-corrected chi connectivity index (χ3v) is 9.19. The van der Waals surface area contributed by atoms with Gasteiger partial charge in [-0.2, -0.15) is 5.10 Å². The lowest BCUT2D eigenvalue weighted by atomic mass is 9.46. The second-order valence-electron chi connectivity index (χ2n) is 10.3. The van der Waals surface area contributed by atoms with E-state index in [1.54, 1.807) is 24.5 Å². The SMILES string of the molecule is C[C@]12CCC3C(CC[C@H]4CC=CC[C@]34C)C1CCC2=NNC(=O)c1ccncc1. The zero-order valence-electron chi connectivity index (χ0n) is 17.7. The number of hydrogen-bond acceptors (Lipinski definition) is 3. The Morgan fingerprint density at radius 3 is 2.76 bits per heavy atom. The fraction of sp³-hybridized carbons (Fsp3) is 0.640. The van der Waals surface area contributed by atoms with Crippen LogP contribution < -0.4 is 5.43 Å². The number of carbonyl (C=O) groups excluding carboxylic acids is 1. The molecule has 1 aromatic rings. The van der Waals surface area contributed by atoms with Gasteiger partial charge in [0.25, 0.3) is 5.91 Å². The average Bonchev–Trinajstić information content (AvgIpc) is 3.08. The highest BCUT2D eigenvalue weighted by molar-refractivity contribution is 5.97. The van der Waals surface area contributed by atoms with Gasteiger partial charge in [-0.15, -0.1) is 0 Å². The molecule has 0 saturated heterocycles. The number of hydrazone groups is 1. The number of allylic oxidation sites excluding steroid dienone is 2. The first kappa shape index (κ1) is 19.0. The van der Waals surface area contributed by atoms with E-state index < -0.39 is 0 Å². The Kier molecular flexibility index (Phi) is 4.64. The number of nitrogens with one attached hydrogen (secondary N) is 1. The van der Waals surface area contributed by atoms with Gasteiger partial charge in [-0.3, -0.25) is 9.78 Å². The van der Waals surface area contributed by atoms with Gasteiger partial charge in [-0.1, -0.05) is 26.0 Å². The molecule has 0 bridgehead atoms. The van der Waals surface area contributed by atoms with Crippen molar-refractivity contribution in [3.05, 3.63) is 42.2 Å². The lowest BCUT2D eigenvalue weighted by molar-refractivity contribution is -0.0761. The van der Waals surface area contributed by atoms with Crippen LogP contribution in [0.4, 0.5) is 0 Å². The van der Waals surface area contributed by atoms with E-state index in [0.29, 0.717) is 11.0 Å². The summed E-state index contributed by atoms with van der Waals surface area (Å²) < 4.78 is 0. The standard InChI is InChI=1S/C25H33N3O/c1-24-13-4-3-5-18(24)6-7-19-20-8-9-22(25(20,2)14-10-21(19)24)27-28-23(29)17-11-15-26-16-12-17/h3-4,11-12,15-16,18-21H,5-10,13-14H2,1-2H3,(H,28,29)/t18-,19?,20?,21?,24+,25+/m1/s1. The van der Waals surface area contributed by atoms with Crippen LogP contribution in [0.5, 0.6) is 0 Å². The quantitative estimate of drug-likeness (QED) is 0.544. The minimum Gasteiger partial charge on any atom is -0.267 e. The smallest absolute Gasteiger partial charge is 0.267 e. The molecule has 0 radical (unpaired) electrons. The van der Waals surface area contributed by atoms with Crippen molar-refractivity contribution in [3.63, 3.8) is 0 Å². The molecule has 4 aliphatic carbocycles. The Bertz CT molecular complexity index is 847. The van der Waals surface area contributed by atoms with Crippen LogP contribution in [0, 0.1) is 34.5 Å². The fourth-order valence-corrected chi connectivity index (χ4v) is 7.50. The molecule has 1 amide bonds. The topological polar surface area (TPSA) is 54.4 Å². The third kappa shape index (κ3) is 2.98. The van der Waals surface area contributed by atoms with Crippen LogP contribution >= 0.6 is 0 Å². The van der Waals surface area contributed by atoms with Gasteiger partial charge < -0.3 is 0 Å². The lowest BCUT2D eigenvalue weighted by Gasteiger charge is -2.59. The summed E-state index contributed by atoms with van der Waals surface area (Å²) in [5, 5.41) is 4.68. The number of aromatic nitrogens is 1. The van der Waals surface area contributed by atoms with Crippen molar-refractivity contribution in [1.82, 2.24) is 10.4 Å². The molecule has 6 atom stereocenters. The number of nitrogens with zero attached hydrogens (tertiary/aromatic N) is 2. The van der Waals surface area contributed by atoms with Gasteiger partial charge in [0, 0.05) is 29.1 Å². The maximum absolute atomic E-state index is 12.4. The molecule has 3 unspecified atom stereocenters. The number of hydrogen-bond donors (Lipinski definition) is 1. The van der Waals surface area contributed by atoms with Crippen LogP contribution in [0.2, 0.25) is 0 Å². The van der Waals surface area contributed by atoms with Crippen molar-refractivity contribution >= 4 is 11.6 Å². The Morgan fingerprint density at radius 1 is 1.10 bits per heavy atom. The summed E-state index contributed by atoms with van der Waals surface area (Å²) in [6, 6.07) is 3.47. The van der Waals surface area contributed by atoms with Gasteiger partial charge in [0.1, 0.15) is 0 Å². The Hall–Kier alpha value is -1.97. The number of fused-ring (bicyclic) bond motifs is 5. The molecule has 4 nitrogen and oxygen atoms in total. The van der Waals surface area contributed by atoms with Crippen LogP contribution in [0.15, 0.2) is 41.8 Å². The maximum Gasteiger partial charge on any atom is 0.271 e. The first-order valence-electron chi connectivity index (χ1n) is 11.4. The average molecular weight is 392 g/mol. The number of carbonyl (C=O) groups is 1. The van der Waals surface area contributed by atoms with Crippen molar-refractivity contribution in [2.45, 2.75) is 65.2 Å². The number of amides is 1. The summed E-state index contributed by atoms with van der Waals surface area (Å²) in [5.41, 5.74) is 5.32. The van der Waals surface area contributed by atoms with Crippen LogP contribution in [-0.2, 0) is 0 Å². The lowest BCUT2D eigenvalue weighted by Crippen LogP contribution is -2.52. The van der Waals surface area contributed by atoms with Gasteiger partial charge in [0.15, 0.2) is 0 Å². The van der Waals surface area contributed by atoms with Crippen molar-refractivity contribution in [3.8, 4) is 0 Å². The van der Waals surface area contributed by atoms with Crippen LogP contribution in [0.3, 0.4) is 0 Å². The highest BCUT2D eigenvalue weighted by Crippen LogP contribution is 2.64. The molecule has 0 aromatic carbocycles. The summed E-state index contributed by atoms with van der Waals surface area (Å²) in [7, 11) is 0. The van der Waals surface area contributed by atoms with E-state index in [0.717, 1.165) is 30.1 Å². The van der Waals surface area contributed by atoms with Crippen LogP contribution in [-0.4, -0.2) is 16.6 Å². The molecule has 3 fully saturated rings. The van der Waals surface area contributed by atoms with Crippen LogP contribution in [0.1, 0.15) is 75.6 Å². The van der Waals surface area contributed by atoms with E-state index >= 15 is 0 Å². The van der Waals surface area contributed by atoms with E-state index in [9.17, 15) is 4.79 Å². The highest BCUT2D eigenvalue weighted by atomic mass is 16.2. The molecule has 4 heteroatoms. The molecular weight excluding hydrogens is 358 g/mol. The van der Waals surface area contributed by atoms with Crippen molar-refractivity contribution in [2.75, 3.05) is 0 Å². The minimum atomic E-state index is -0.136. The summed E-state index contributed by atoms with van der Waals surface area (Å²) in [6.07, 6.45) is 18.3. The normalized spacial score (nSPS) is 42.1. The fourth-order valence-electron chi connectivity index (χ4n) is 7.50. The van der Waals surface area contributed by atoms with Gasteiger partial charge in [-0.25, -0.2) is 5.43 Å². The molecule has 5 rings (SSSR count). The summed E-state index contributed by atoms with van der Waals surface area (Å²) in [4.78, 5) is 16.4. The van der Waals surface area contributed by atoms with Crippen molar-refractivity contribution in [1.29, 1.82) is 0 Å². The van der Waals surface area contributed by atoms with Gasteiger partial charge in [-0.05, 0) is 92.6 Å². The Morgan fingerprint density at radius 2 is 1.93 bits per heavy atom. The molecule has 1 N–H and O–H groups in total. The first-order chi connectivity index (χ1) is 14.0. The highest BCUT2D eigenvalue weighted by Gasteiger charge is 2.58. The molecule has 1 aromatic heterocycles.